The van der Waals surface area contributed by atoms with Crippen molar-refractivity contribution in [1.82, 2.24) is 4.98 Å². The second-order valence-corrected chi connectivity index (χ2v) is 5.36. The van der Waals surface area contributed by atoms with Gasteiger partial charge in [-0.3, -0.25) is 0 Å². The van der Waals surface area contributed by atoms with E-state index < -0.39 is 0 Å². The number of rotatable bonds is 1. The van der Waals surface area contributed by atoms with Crippen LogP contribution >= 0.6 is 0 Å². The van der Waals surface area contributed by atoms with Crippen LogP contribution in [0.1, 0.15) is 30.9 Å². The molecule has 0 fully saturated rings. The molecule has 28 heavy (non-hydrogen) atoms. The largest absolute Gasteiger partial charge is 0.506 e. The van der Waals surface area contributed by atoms with Crippen LogP contribution in [0, 0.1) is 47.8 Å². The Labute approximate surface area is 164 Å². The highest BCUT2D eigenvalue weighted by atomic mass is 16.3. The number of nitrogens with zero attached hydrogens (tertiary/aromatic N) is 4. The molecule has 0 atom stereocenters. The molecule has 7 heteroatoms. The first-order valence-electron chi connectivity index (χ1n) is 7.94. The lowest BCUT2D eigenvalue weighted by Crippen LogP contribution is -1.88. The topological polar surface area (TPSA) is 144 Å². The molecule has 0 aliphatic rings. The number of fused-ring (bicyclic) bond motifs is 1. The fourth-order valence-electron chi connectivity index (χ4n) is 1.98. The number of phenols is 1. The van der Waals surface area contributed by atoms with Gasteiger partial charge in [0.05, 0.1) is 23.9 Å². The standard InChI is InChI=1S/C10H8N2O.C7H9NO.C3H2N2.CH4/c1-7-3-2-4-8-10(7)12-9(13-8)5-6-11;1-5-3-2-4-6(9)7(5)8;4-2-1-3-5;/h2-4H,5H2,1H3;2-4,9H,8H2,1H3;1H2;1H4. The van der Waals surface area contributed by atoms with Crippen molar-refractivity contribution in [3.8, 4) is 24.0 Å². The summed E-state index contributed by atoms with van der Waals surface area (Å²) >= 11 is 0. The zero-order chi connectivity index (χ0) is 20.2. The zero-order valence-electron chi connectivity index (χ0n) is 15.1. The molecule has 1 aromatic heterocycles. The van der Waals surface area contributed by atoms with E-state index in [2.05, 4.69) is 4.98 Å². The molecule has 144 valence electrons. The van der Waals surface area contributed by atoms with Gasteiger partial charge in [-0.15, -0.1) is 0 Å². The van der Waals surface area contributed by atoms with Gasteiger partial charge in [-0.25, -0.2) is 4.98 Å². The third-order valence-electron chi connectivity index (χ3n) is 3.35. The molecule has 2 aromatic carbocycles. The van der Waals surface area contributed by atoms with Gasteiger partial charge in [0.1, 0.15) is 24.1 Å². The minimum Gasteiger partial charge on any atom is -0.506 e. The lowest BCUT2D eigenvalue weighted by Gasteiger charge is -1.99. The van der Waals surface area contributed by atoms with Gasteiger partial charge < -0.3 is 15.3 Å². The molecule has 1 heterocycles. The number of hydrogen-bond acceptors (Lipinski definition) is 7. The van der Waals surface area contributed by atoms with Gasteiger partial charge >= 0.3 is 0 Å². The van der Waals surface area contributed by atoms with Crippen molar-refractivity contribution in [2.45, 2.75) is 34.1 Å². The monoisotopic (exact) mass is 377 g/mol. The Bertz CT molecular complexity index is 988. The molecule has 0 aliphatic heterocycles. The van der Waals surface area contributed by atoms with Crippen LogP contribution in [0.4, 0.5) is 5.69 Å². The van der Waals surface area contributed by atoms with E-state index in [1.54, 1.807) is 24.3 Å². The summed E-state index contributed by atoms with van der Waals surface area (Å²) in [5.41, 5.74) is 9.50. The highest BCUT2D eigenvalue weighted by Gasteiger charge is 2.05. The van der Waals surface area contributed by atoms with E-state index in [0.29, 0.717) is 11.6 Å². The van der Waals surface area contributed by atoms with Crippen molar-refractivity contribution in [2.75, 3.05) is 5.73 Å². The number of anilines is 1. The minimum absolute atomic E-state index is 0. The number of aryl methyl sites for hydroxylation is 2. The van der Waals surface area contributed by atoms with E-state index >= 15 is 0 Å². The van der Waals surface area contributed by atoms with Crippen molar-refractivity contribution >= 4 is 16.8 Å². The summed E-state index contributed by atoms with van der Waals surface area (Å²) in [6.07, 6.45) is 0.230. The predicted molar refractivity (Wildman–Crippen MR) is 108 cm³/mol. The minimum atomic E-state index is 0. The van der Waals surface area contributed by atoms with Gasteiger partial charge in [-0.2, -0.15) is 15.8 Å². The van der Waals surface area contributed by atoms with Crippen LogP contribution in [0.15, 0.2) is 40.8 Å². The van der Waals surface area contributed by atoms with Crippen molar-refractivity contribution in [2.24, 2.45) is 0 Å². The first-order chi connectivity index (χ1) is 12.9. The molecule has 0 saturated heterocycles. The Hall–Kier alpha value is -4.02. The van der Waals surface area contributed by atoms with E-state index in [4.69, 9.17) is 31.0 Å². The summed E-state index contributed by atoms with van der Waals surface area (Å²) in [5.74, 6) is 0.654. The molecule has 3 N–H and O–H groups in total. The Morgan fingerprint density at radius 1 is 1.00 bits per heavy atom. The van der Waals surface area contributed by atoms with Gasteiger partial charge in [0, 0.05) is 0 Å². The molecule has 0 saturated carbocycles. The molecule has 0 bridgehead atoms. The third-order valence-corrected chi connectivity index (χ3v) is 3.35. The highest BCUT2D eigenvalue weighted by molar-refractivity contribution is 5.76. The summed E-state index contributed by atoms with van der Waals surface area (Å²) in [6.45, 7) is 3.83. The summed E-state index contributed by atoms with van der Waals surface area (Å²) in [6, 6.07) is 16.3. The smallest absolute Gasteiger partial charge is 0.209 e. The molecule has 7 nitrogen and oxygen atoms in total. The number of aromatic hydroxyl groups is 1. The molecule has 0 radical (unpaired) electrons. The second kappa shape index (κ2) is 12.4. The average molecular weight is 377 g/mol. The summed E-state index contributed by atoms with van der Waals surface area (Å²) < 4.78 is 5.36. The predicted octanol–water partition coefficient (Wildman–Crippen LogP) is 4.54. The lowest BCUT2D eigenvalue weighted by molar-refractivity contribution is 0.477. The van der Waals surface area contributed by atoms with Crippen LogP contribution in [0.25, 0.3) is 11.1 Å². The molecule has 0 aliphatic carbocycles. The Kier molecular flexibility index (Phi) is 10.6. The third kappa shape index (κ3) is 7.07. The molecule has 0 unspecified atom stereocenters. The Morgan fingerprint density at radius 2 is 1.61 bits per heavy atom. The van der Waals surface area contributed by atoms with Gasteiger partial charge in [0.15, 0.2) is 5.58 Å². The maximum absolute atomic E-state index is 8.98. The van der Waals surface area contributed by atoms with Crippen LogP contribution in [0.3, 0.4) is 0 Å². The summed E-state index contributed by atoms with van der Waals surface area (Å²) in [7, 11) is 0. The average Bonchev–Trinajstić information content (AvgIpc) is 3.06. The molecule has 0 spiro atoms. The molecule has 0 amide bonds. The van der Waals surface area contributed by atoms with Crippen LogP contribution in [0.2, 0.25) is 0 Å². The molecular formula is C21H23N5O2. The van der Waals surface area contributed by atoms with E-state index in [9.17, 15) is 0 Å². The van der Waals surface area contributed by atoms with Gasteiger partial charge in [-0.05, 0) is 37.1 Å². The van der Waals surface area contributed by atoms with Gasteiger partial charge in [0.2, 0.25) is 5.89 Å². The highest BCUT2D eigenvalue weighted by Crippen LogP contribution is 2.21. The maximum Gasteiger partial charge on any atom is 0.209 e. The van der Waals surface area contributed by atoms with E-state index in [0.717, 1.165) is 22.2 Å². The number of nitrogens with two attached hydrogens (primary N) is 1. The second-order valence-electron chi connectivity index (χ2n) is 5.36. The van der Waals surface area contributed by atoms with Crippen LogP contribution in [0.5, 0.6) is 5.75 Å². The lowest BCUT2D eigenvalue weighted by atomic mass is 10.2. The molecule has 3 aromatic rings. The SMILES string of the molecule is C.Cc1cccc(O)c1N.Cc1cccc2oc(CC#N)nc12.N#CCC#N. The normalized spacial score (nSPS) is 8.54. The van der Waals surface area contributed by atoms with Crippen LogP contribution < -0.4 is 5.73 Å². The zero-order valence-corrected chi connectivity index (χ0v) is 15.1. The summed E-state index contributed by atoms with van der Waals surface area (Å²) in [5, 5.41) is 32.6. The Balaban J connectivity index is 0.000000427. The number of para-hydroxylation sites is 2. The fourth-order valence-corrected chi connectivity index (χ4v) is 1.98. The van der Waals surface area contributed by atoms with E-state index in [-0.39, 0.29) is 26.0 Å². The van der Waals surface area contributed by atoms with Crippen LogP contribution in [-0.4, -0.2) is 10.1 Å². The van der Waals surface area contributed by atoms with E-state index in [1.807, 2.05) is 44.2 Å². The first-order valence-corrected chi connectivity index (χ1v) is 7.94. The number of nitrogen functional groups attached to an aromatic ring is 1. The first kappa shape index (κ1) is 24.0. The molecular weight excluding hydrogens is 354 g/mol. The van der Waals surface area contributed by atoms with Crippen LogP contribution in [-0.2, 0) is 6.42 Å². The quantitative estimate of drug-likeness (QED) is 0.467. The summed E-state index contributed by atoms with van der Waals surface area (Å²) in [4.78, 5) is 4.21. The Morgan fingerprint density at radius 3 is 2.07 bits per heavy atom. The number of benzene rings is 2. The number of oxazole rings is 1. The van der Waals surface area contributed by atoms with Gasteiger partial charge in [-0.1, -0.05) is 31.7 Å². The number of hydrogen-bond donors (Lipinski definition) is 2. The van der Waals surface area contributed by atoms with Crippen molar-refractivity contribution < 1.29 is 9.52 Å². The maximum atomic E-state index is 8.98. The van der Waals surface area contributed by atoms with Crippen molar-refractivity contribution in [3.05, 3.63) is 53.4 Å². The fraction of sp³-hybridized carbons (Fsp3) is 0.238. The van der Waals surface area contributed by atoms with Gasteiger partial charge in [0.25, 0.3) is 0 Å². The number of nitriles is 3. The number of aromatic nitrogens is 1. The molecule has 3 rings (SSSR count). The number of phenolic OH excluding ortho intramolecular Hbond substituents is 1. The van der Waals surface area contributed by atoms with Crippen molar-refractivity contribution in [1.29, 1.82) is 15.8 Å². The van der Waals surface area contributed by atoms with E-state index in [1.165, 1.54) is 0 Å². The van der Waals surface area contributed by atoms with Crippen molar-refractivity contribution in [3.63, 3.8) is 0 Å².